The van der Waals surface area contributed by atoms with Gasteiger partial charge in [-0.1, -0.05) is 39.5 Å². The first kappa shape index (κ1) is 37.6. The topological polar surface area (TPSA) is 95.8 Å². The largest absolute Gasteiger partial charge is 0.494 e. The molecule has 0 amide bonds. The Morgan fingerprint density at radius 3 is 1.18 bits per heavy atom. The summed E-state index contributed by atoms with van der Waals surface area (Å²) in [6, 6.07) is 28.7. The van der Waals surface area contributed by atoms with Gasteiger partial charge in [-0.15, -0.1) is 0 Å². The maximum atomic E-state index is 12.4. The lowest BCUT2D eigenvalue weighted by Crippen LogP contribution is -2.08. The average molecular weight is 677 g/mol. The third-order valence-corrected chi connectivity index (χ3v) is 7.61. The van der Waals surface area contributed by atoms with E-state index in [1.807, 2.05) is 50.5 Å². The molecule has 0 N–H and O–H groups in total. The SMILES string of the molecule is CCCOc1ccc(C(=O)Oc2ccc(C=NCCCCCCCCN=Cc3ccc(OC(=O)c4ccc(OCCC)cc4)cc3)cc2)cc1. The van der Waals surface area contributed by atoms with Gasteiger partial charge in [0.15, 0.2) is 0 Å². The molecule has 262 valence electrons. The van der Waals surface area contributed by atoms with Gasteiger partial charge in [0, 0.05) is 25.5 Å². The molecule has 50 heavy (non-hydrogen) atoms. The minimum Gasteiger partial charge on any atom is -0.494 e. The quantitative estimate of drug-likeness (QED) is 0.0378. The molecule has 4 rings (SSSR count). The van der Waals surface area contributed by atoms with E-state index in [-0.39, 0.29) is 0 Å². The fourth-order valence-corrected chi connectivity index (χ4v) is 4.84. The number of nitrogens with zero attached hydrogens (tertiary/aromatic N) is 2. The van der Waals surface area contributed by atoms with Crippen LogP contribution in [0.4, 0.5) is 0 Å². The Labute approximate surface area is 296 Å². The number of esters is 2. The average Bonchev–Trinajstić information content (AvgIpc) is 3.15. The zero-order chi connectivity index (χ0) is 35.2. The Balaban J connectivity index is 1.02. The third-order valence-electron chi connectivity index (χ3n) is 7.61. The number of unbranched alkanes of at least 4 members (excludes halogenated alkanes) is 5. The summed E-state index contributed by atoms with van der Waals surface area (Å²) in [6.07, 6.45) is 12.4. The van der Waals surface area contributed by atoms with Crippen LogP contribution in [0, 0.1) is 0 Å². The van der Waals surface area contributed by atoms with E-state index in [2.05, 4.69) is 9.98 Å². The standard InChI is InChI=1S/C42H48N2O6/c1-3-29-47-37-23-15-35(16-24-37)41(45)49-39-19-11-33(12-20-39)31-43-27-9-7-5-6-8-10-28-44-32-34-13-21-40(22-14-34)50-42(46)36-17-25-38(26-18-36)48-30-4-2/h11-26,31-32H,3-10,27-30H2,1-2H3. The van der Waals surface area contributed by atoms with Gasteiger partial charge in [0.1, 0.15) is 23.0 Å². The lowest BCUT2D eigenvalue weighted by Gasteiger charge is -2.07. The number of ether oxygens (including phenoxy) is 4. The van der Waals surface area contributed by atoms with Crippen LogP contribution in [0.3, 0.4) is 0 Å². The van der Waals surface area contributed by atoms with E-state index in [1.54, 1.807) is 72.8 Å². The minimum atomic E-state index is -0.401. The molecule has 0 fully saturated rings. The summed E-state index contributed by atoms with van der Waals surface area (Å²) in [5.74, 6) is 1.67. The number of carbonyl (C=O) groups excluding carboxylic acids is 2. The number of benzene rings is 4. The molecule has 0 saturated carbocycles. The van der Waals surface area contributed by atoms with Gasteiger partial charge >= 0.3 is 11.9 Å². The second-order valence-electron chi connectivity index (χ2n) is 11.9. The molecular formula is C42H48N2O6. The maximum Gasteiger partial charge on any atom is 0.343 e. The molecule has 0 atom stereocenters. The number of aliphatic imine (C=N–C) groups is 2. The minimum absolute atomic E-state index is 0.401. The van der Waals surface area contributed by atoms with Gasteiger partial charge in [-0.3, -0.25) is 9.98 Å². The Morgan fingerprint density at radius 1 is 0.480 bits per heavy atom. The first-order valence-corrected chi connectivity index (χ1v) is 17.6. The number of hydrogen-bond donors (Lipinski definition) is 0. The maximum absolute atomic E-state index is 12.4. The van der Waals surface area contributed by atoms with Gasteiger partial charge in [0.05, 0.1) is 24.3 Å². The van der Waals surface area contributed by atoms with Crippen LogP contribution in [0.5, 0.6) is 23.0 Å². The van der Waals surface area contributed by atoms with Gasteiger partial charge in [0.2, 0.25) is 0 Å². The lowest BCUT2D eigenvalue weighted by molar-refractivity contribution is 0.0725. The van der Waals surface area contributed by atoms with Crippen molar-refractivity contribution in [3.8, 4) is 23.0 Å². The fraction of sp³-hybridized carbons (Fsp3) is 0.333. The van der Waals surface area contributed by atoms with E-state index in [9.17, 15) is 9.59 Å². The molecule has 4 aromatic rings. The number of hydrogen-bond acceptors (Lipinski definition) is 8. The molecule has 0 bridgehead atoms. The summed E-state index contributed by atoms with van der Waals surface area (Å²) in [5, 5.41) is 0. The molecule has 8 nitrogen and oxygen atoms in total. The molecule has 0 aliphatic carbocycles. The third kappa shape index (κ3) is 13.7. The van der Waals surface area contributed by atoms with E-state index in [4.69, 9.17) is 18.9 Å². The van der Waals surface area contributed by atoms with Crippen molar-refractivity contribution in [3.05, 3.63) is 119 Å². The molecular weight excluding hydrogens is 628 g/mol. The molecule has 4 aromatic carbocycles. The van der Waals surface area contributed by atoms with Crippen LogP contribution in [0.25, 0.3) is 0 Å². The van der Waals surface area contributed by atoms with Crippen LogP contribution in [0.2, 0.25) is 0 Å². The van der Waals surface area contributed by atoms with E-state index in [0.717, 1.165) is 74.2 Å². The molecule has 0 spiro atoms. The van der Waals surface area contributed by atoms with Crippen LogP contribution in [0.15, 0.2) is 107 Å². The predicted molar refractivity (Wildman–Crippen MR) is 200 cm³/mol. The predicted octanol–water partition coefficient (Wildman–Crippen LogP) is 9.58. The molecule has 0 aromatic heterocycles. The van der Waals surface area contributed by atoms with Crippen molar-refractivity contribution in [3.63, 3.8) is 0 Å². The molecule has 0 radical (unpaired) electrons. The highest BCUT2D eigenvalue weighted by molar-refractivity contribution is 5.92. The fourth-order valence-electron chi connectivity index (χ4n) is 4.84. The Kier molecular flexibility index (Phi) is 16.3. The first-order valence-electron chi connectivity index (χ1n) is 17.6. The molecule has 0 aliphatic rings. The second kappa shape index (κ2) is 21.7. The van der Waals surface area contributed by atoms with Crippen molar-refractivity contribution in [1.82, 2.24) is 0 Å². The van der Waals surface area contributed by atoms with Gasteiger partial charge in [-0.25, -0.2) is 9.59 Å². The molecule has 0 saturated heterocycles. The molecule has 0 aliphatic heterocycles. The molecule has 8 heteroatoms. The number of rotatable bonds is 21. The van der Waals surface area contributed by atoms with Crippen LogP contribution in [-0.4, -0.2) is 50.7 Å². The highest BCUT2D eigenvalue weighted by Gasteiger charge is 2.10. The number of carbonyl (C=O) groups is 2. The Morgan fingerprint density at radius 2 is 0.820 bits per heavy atom. The normalized spacial score (nSPS) is 11.2. The highest BCUT2D eigenvalue weighted by atomic mass is 16.5. The van der Waals surface area contributed by atoms with E-state index >= 15 is 0 Å². The van der Waals surface area contributed by atoms with Crippen LogP contribution in [-0.2, 0) is 0 Å². The zero-order valence-corrected chi connectivity index (χ0v) is 29.2. The highest BCUT2D eigenvalue weighted by Crippen LogP contribution is 2.18. The first-order chi connectivity index (χ1) is 24.5. The summed E-state index contributed by atoms with van der Waals surface area (Å²) in [5.41, 5.74) is 2.89. The van der Waals surface area contributed by atoms with Gasteiger partial charge in [-0.05, 0) is 134 Å². The van der Waals surface area contributed by atoms with E-state index < -0.39 is 11.9 Å². The van der Waals surface area contributed by atoms with Crippen molar-refractivity contribution >= 4 is 24.4 Å². The van der Waals surface area contributed by atoms with Crippen molar-refractivity contribution in [2.24, 2.45) is 9.98 Å². The summed E-state index contributed by atoms with van der Waals surface area (Å²) < 4.78 is 22.1. The van der Waals surface area contributed by atoms with Gasteiger partial charge in [0.25, 0.3) is 0 Å². The van der Waals surface area contributed by atoms with Crippen molar-refractivity contribution in [2.75, 3.05) is 26.3 Å². The summed E-state index contributed by atoms with van der Waals surface area (Å²) in [6.45, 7) is 6.97. The van der Waals surface area contributed by atoms with Crippen molar-refractivity contribution < 1.29 is 28.5 Å². The van der Waals surface area contributed by atoms with Gasteiger partial charge < -0.3 is 18.9 Å². The van der Waals surface area contributed by atoms with E-state index in [0.29, 0.717) is 35.8 Å². The smallest absolute Gasteiger partial charge is 0.343 e. The molecule has 0 heterocycles. The summed E-state index contributed by atoms with van der Waals surface area (Å²) in [7, 11) is 0. The monoisotopic (exact) mass is 676 g/mol. The zero-order valence-electron chi connectivity index (χ0n) is 29.2. The Bertz CT molecular complexity index is 1510. The summed E-state index contributed by atoms with van der Waals surface area (Å²) in [4.78, 5) is 34.0. The van der Waals surface area contributed by atoms with Crippen LogP contribution in [0.1, 0.15) is 97.1 Å². The van der Waals surface area contributed by atoms with Crippen molar-refractivity contribution in [1.29, 1.82) is 0 Å². The van der Waals surface area contributed by atoms with Crippen LogP contribution < -0.4 is 18.9 Å². The van der Waals surface area contributed by atoms with Crippen LogP contribution >= 0.6 is 0 Å². The molecule has 0 unspecified atom stereocenters. The van der Waals surface area contributed by atoms with Crippen molar-refractivity contribution in [2.45, 2.75) is 65.2 Å². The Hall–Kier alpha value is -5.24. The second-order valence-corrected chi connectivity index (χ2v) is 11.9. The van der Waals surface area contributed by atoms with Gasteiger partial charge in [-0.2, -0.15) is 0 Å². The van der Waals surface area contributed by atoms with E-state index in [1.165, 1.54) is 12.8 Å². The lowest BCUT2D eigenvalue weighted by atomic mass is 10.1. The summed E-state index contributed by atoms with van der Waals surface area (Å²) >= 11 is 0.